The molecule has 1 heteroatoms. The van der Waals surface area contributed by atoms with Gasteiger partial charge in [-0.3, -0.25) is 0 Å². The Balaban J connectivity index is 1.96. The van der Waals surface area contributed by atoms with Gasteiger partial charge in [0, 0.05) is 4.47 Å². The normalized spacial score (nSPS) is 10.5. The standard InChI is InChI=1S/C19H15Br/c1-14-6-8-15(9-7-14)16-10-12-17(13-11-16)18-4-2-3-5-19(18)20/h2-13H,1H3. The van der Waals surface area contributed by atoms with Crippen LogP contribution in [0.5, 0.6) is 0 Å². The average molecular weight is 323 g/mol. The summed E-state index contributed by atoms with van der Waals surface area (Å²) in [5.74, 6) is 0. The SMILES string of the molecule is Cc1ccc(-c2ccc(-c3ccccc3Br)cc2)cc1. The van der Waals surface area contributed by atoms with Crippen molar-refractivity contribution in [3.63, 3.8) is 0 Å². The second-order valence-electron chi connectivity index (χ2n) is 4.92. The minimum atomic E-state index is 1.13. The molecule has 0 aliphatic rings. The average Bonchev–Trinajstić information content (AvgIpc) is 2.49. The van der Waals surface area contributed by atoms with E-state index in [0.717, 1.165) is 4.47 Å². The van der Waals surface area contributed by atoms with Crippen molar-refractivity contribution in [1.82, 2.24) is 0 Å². The molecule has 0 aliphatic carbocycles. The van der Waals surface area contributed by atoms with Crippen molar-refractivity contribution in [2.75, 3.05) is 0 Å². The molecule has 0 saturated heterocycles. The van der Waals surface area contributed by atoms with E-state index in [1.165, 1.54) is 27.8 Å². The van der Waals surface area contributed by atoms with E-state index in [0.29, 0.717) is 0 Å². The van der Waals surface area contributed by atoms with E-state index in [2.05, 4.69) is 89.6 Å². The fourth-order valence-electron chi connectivity index (χ4n) is 2.28. The molecule has 0 radical (unpaired) electrons. The summed E-state index contributed by atoms with van der Waals surface area (Å²) in [5, 5.41) is 0. The van der Waals surface area contributed by atoms with Crippen molar-refractivity contribution < 1.29 is 0 Å². The number of halogens is 1. The highest BCUT2D eigenvalue weighted by Crippen LogP contribution is 2.29. The Hall–Kier alpha value is -1.86. The minimum absolute atomic E-state index is 1.13. The van der Waals surface area contributed by atoms with Gasteiger partial charge in [-0.05, 0) is 35.2 Å². The van der Waals surface area contributed by atoms with Crippen LogP contribution < -0.4 is 0 Å². The van der Waals surface area contributed by atoms with Crippen LogP contribution in [0.3, 0.4) is 0 Å². The maximum Gasteiger partial charge on any atom is 0.0253 e. The molecular formula is C19H15Br. The molecule has 0 aliphatic heterocycles. The lowest BCUT2D eigenvalue weighted by Gasteiger charge is -2.07. The molecule has 98 valence electrons. The molecule has 0 heterocycles. The van der Waals surface area contributed by atoms with E-state index in [4.69, 9.17) is 0 Å². The van der Waals surface area contributed by atoms with Gasteiger partial charge in [-0.1, -0.05) is 88.2 Å². The lowest BCUT2D eigenvalue weighted by molar-refractivity contribution is 1.47. The molecule has 0 spiro atoms. The number of hydrogen-bond donors (Lipinski definition) is 0. The summed E-state index contributed by atoms with van der Waals surface area (Å²) >= 11 is 3.60. The first kappa shape index (κ1) is 13.1. The smallest absolute Gasteiger partial charge is 0.0253 e. The number of rotatable bonds is 2. The molecule has 0 amide bonds. The van der Waals surface area contributed by atoms with Crippen molar-refractivity contribution in [1.29, 1.82) is 0 Å². The summed E-state index contributed by atoms with van der Waals surface area (Å²) in [6.45, 7) is 2.11. The van der Waals surface area contributed by atoms with Crippen LogP contribution >= 0.6 is 15.9 Å². The summed E-state index contributed by atoms with van der Waals surface area (Å²) in [5.41, 5.74) is 6.25. The molecule has 0 atom stereocenters. The number of hydrogen-bond acceptors (Lipinski definition) is 0. The summed E-state index contributed by atoms with van der Waals surface area (Å²) in [6, 6.07) is 25.7. The quantitative estimate of drug-likeness (QED) is 0.535. The molecule has 0 unspecified atom stereocenters. The maximum atomic E-state index is 3.60. The van der Waals surface area contributed by atoms with Crippen LogP contribution in [0.2, 0.25) is 0 Å². The molecule has 0 fully saturated rings. The van der Waals surface area contributed by atoms with E-state index in [1.54, 1.807) is 0 Å². The highest BCUT2D eigenvalue weighted by molar-refractivity contribution is 9.10. The first-order chi connectivity index (χ1) is 9.74. The predicted octanol–water partition coefficient (Wildman–Crippen LogP) is 6.09. The first-order valence-electron chi connectivity index (χ1n) is 6.66. The van der Waals surface area contributed by atoms with Crippen LogP contribution in [0.4, 0.5) is 0 Å². The van der Waals surface area contributed by atoms with Gasteiger partial charge in [0.25, 0.3) is 0 Å². The lowest BCUT2D eigenvalue weighted by atomic mass is 10.00. The molecule has 3 rings (SSSR count). The molecular weight excluding hydrogens is 308 g/mol. The van der Waals surface area contributed by atoms with Crippen LogP contribution in [0, 0.1) is 6.92 Å². The van der Waals surface area contributed by atoms with E-state index >= 15 is 0 Å². The van der Waals surface area contributed by atoms with Crippen molar-refractivity contribution in [2.24, 2.45) is 0 Å². The Morgan fingerprint density at radius 2 is 1.10 bits per heavy atom. The lowest BCUT2D eigenvalue weighted by Crippen LogP contribution is -1.82. The van der Waals surface area contributed by atoms with Crippen molar-refractivity contribution >= 4 is 15.9 Å². The molecule has 0 aromatic heterocycles. The summed E-state index contributed by atoms with van der Waals surface area (Å²) < 4.78 is 1.13. The second-order valence-corrected chi connectivity index (χ2v) is 5.78. The van der Waals surface area contributed by atoms with Gasteiger partial charge in [-0.2, -0.15) is 0 Å². The van der Waals surface area contributed by atoms with E-state index in [1.807, 2.05) is 6.07 Å². The van der Waals surface area contributed by atoms with Crippen LogP contribution in [0.25, 0.3) is 22.3 Å². The van der Waals surface area contributed by atoms with E-state index in [9.17, 15) is 0 Å². The Morgan fingerprint density at radius 3 is 1.70 bits per heavy atom. The van der Waals surface area contributed by atoms with Gasteiger partial charge >= 0.3 is 0 Å². The zero-order valence-corrected chi connectivity index (χ0v) is 12.9. The molecule has 3 aromatic rings. The Morgan fingerprint density at radius 1 is 0.600 bits per heavy atom. The Labute approximate surface area is 128 Å². The molecule has 0 nitrogen and oxygen atoms in total. The molecule has 0 N–H and O–H groups in total. The largest absolute Gasteiger partial charge is 0.0616 e. The van der Waals surface area contributed by atoms with E-state index < -0.39 is 0 Å². The van der Waals surface area contributed by atoms with E-state index in [-0.39, 0.29) is 0 Å². The topological polar surface area (TPSA) is 0 Å². The Kier molecular flexibility index (Phi) is 3.70. The molecule has 20 heavy (non-hydrogen) atoms. The molecule has 0 saturated carbocycles. The van der Waals surface area contributed by atoms with Gasteiger partial charge in [0.2, 0.25) is 0 Å². The monoisotopic (exact) mass is 322 g/mol. The van der Waals surface area contributed by atoms with Crippen LogP contribution in [-0.2, 0) is 0 Å². The third-order valence-electron chi connectivity index (χ3n) is 3.45. The fourth-order valence-corrected chi connectivity index (χ4v) is 2.80. The van der Waals surface area contributed by atoms with Crippen LogP contribution in [0.15, 0.2) is 77.3 Å². The fraction of sp³-hybridized carbons (Fsp3) is 0.0526. The van der Waals surface area contributed by atoms with Gasteiger partial charge in [-0.15, -0.1) is 0 Å². The van der Waals surface area contributed by atoms with Crippen LogP contribution in [0.1, 0.15) is 5.56 Å². The highest BCUT2D eigenvalue weighted by atomic mass is 79.9. The Bertz CT molecular complexity index is 710. The minimum Gasteiger partial charge on any atom is -0.0616 e. The summed E-state index contributed by atoms with van der Waals surface area (Å²) in [7, 11) is 0. The first-order valence-corrected chi connectivity index (χ1v) is 7.45. The van der Waals surface area contributed by atoms with Gasteiger partial charge < -0.3 is 0 Å². The van der Waals surface area contributed by atoms with Crippen molar-refractivity contribution in [3.8, 4) is 22.3 Å². The summed E-state index contributed by atoms with van der Waals surface area (Å²) in [4.78, 5) is 0. The third kappa shape index (κ3) is 2.68. The van der Waals surface area contributed by atoms with Gasteiger partial charge in [0.1, 0.15) is 0 Å². The number of aryl methyl sites for hydroxylation is 1. The van der Waals surface area contributed by atoms with Gasteiger partial charge in [-0.25, -0.2) is 0 Å². The zero-order valence-electron chi connectivity index (χ0n) is 11.3. The van der Waals surface area contributed by atoms with Crippen LogP contribution in [-0.4, -0.2) is 0 Å². The third-order valence-corrected chi connectivity index (χ3v) is 4.15. The van der Waals surface area contributed by atoms with Crippen molar-refractivity contribution in [2.45, 2.75) is 6.92 Å². The predicted molar refractivity (Wildman–Crippen MR) is 89.8 cm³/mol. The molecule has 0 bridgehead atoms. The highest BCUT2D eigenvalue weighted by Gasteiger charge is 2.03. The van der Waals surface area contributed by atoms with Crippen molar-refractivity contribution in [3.05, 3.63) is 82.8 Å². The van der Waals surface area contributed by atoms with Gasteiger partial charge in [0.15, 0.2) is 0 Å². The second kappa shape index (κ2) is 5.64. The zero-order chi connectivity index (χ0) is 13.9. The summed E-state index contributed by atoms with van der Waals surface area (Å²) in [6.07, 6.45) is 0. The van der Waals surface area contributed by atoms with Gasteiger partial charge in [0.05, 0.1) is 0 Å². The molecule has 3 aromatic carbocycles. The maximum absolute atomic E-state index is 3.60. The number of benzene rings is 3.